The molecule has 1 atom stereocenters. The second-order valence-electron chi connectivity index (χ2n) is 4.84. The number of amidine groups is 1. The van der Waals surface area contributed by atoms with Gasteiger partial charge in [0.15, 0.2) is 0 Å². The maximum Gasteiger partial charge on any atom is 0.290 e. The molecule has 0 saturated heterocycles. The average molecular weight is 311 g/mol. The van der Waals surface area contributed by atoms with Crippen LogP contribution in [-0.4, -0.2) is 36.5 Å². The number of carbonyl (C=O) groups excluding carboxylic acids is 1. The minimum atomic E-state index is -0.851. The van der Waals surface area contributed by atoms with Crippen LogP contribution in [0, 0.1) is 5.82 Å². The van der Waals surface area contributed by atoms with Crippen LogP contribution in [0.15, 0.2) is 23.2 Å². The van der Waals surface area contributed by atoms with Crippen LogP contribution in [0.25, 0.3) is 0 Å². The zero-order chi connectivity index (χ0) is 16.8. The van der Waals surface area contributed by atoms with E-state index in [1.165, 1.54) is 18.2 Å². The molecule has 1 aliphatic heterocycles. The van der Waals surface area contributed by atoms with Gasteiger partial charge < -0.3 is 21.3 Å². The number of carboxylic acid groups (broad SMARTS) is 1. The molecule has 2 rings (SSSR count). The van der Waals surface area contributed by atoms with Gasteiger partial charge in [0.25, 0.3) is 6.47 Å². The van der Waals surface area contributed by atoms with Gasteiger partial charge in [-0.25, -0.2) is 4.39 Å². The van der Waals surface area contributed by atoms with Crippen molar-refractivity contribution in [3.8, 4) is 0 Å². The molecular formula is C14H18FN3O4. The number of aliphatic imine (C=N–C) groups is 1. The van der Waals surface area contributed by atoms with Crippen LogP contribution < -0.4 is 11.5 Å². The molecule has 0 unspecified atom stereocenters. The van der Waals surface area contributed by atoms with E-state index in [1.54, 1.807) is 6.92 Å². The van der Waals surface area contributed by atoms with E-state index in [1.807, 2.05) is 0 Å². The first-order valence-corrected chi connectivity index (χ1v) is 6.43. The van der Waals surface area contributed by atoms with Crippen LogP contribution in [0.3, 0.4) is 0 Å². The minimum absolute atomic E-state index is 0.229. The van der Waals surface area contributed by atoms with Crippen molar-refractivity contribution in [2.75, 3.05) is 13.2 Å². The molecule has 5 N–H and O–H groups in total. The van der Waals surface area contributed by atoms with Crippen LogP contribution in [-0.2, 0) is 15.1 Å². The van der Waals surface area contributed by atoms with Gasteiger partial charge in [0.2, 0.25) is 5.91 Å². The van der Waals surface area contributed by atoms with Crippen LogP contribution in [0.5, 0.6) is 0 Å². The fraction of sp³-hybridized carbons (Fsp3) is 0.357. The molecule has 22 heavy (non-hydrogen) atoms. The highest BCUT2D eigenvalue weighted by Gasteiger charge is 2.31. The third-order valence-electron chi connectivity index (χ3n) is 3.20. The normalized spacial score (nSPS) is 20.9. The molecule has 1 aromatic rings. The number of benzene rings is 1. The van der Waals surface area contributed by atoms with Crippen molar-refractivity contribution in [2.24, 2.45) is 16.5 Å². The predicted octanol–water partition coefficient (Wildman–Crippen LogP) is 0.618. The van der Waals surface area contributed by atoms with Gasteiger partial charge in [0.05, 0.1) is 5.54 Å². The monoisotopic (exact) mass is 311 g/mol. The highest BCUT2D eigenvalue weighted by molar-refractivity contribution is 5.93. The Balaban J connectivity index is 0.000000745. The SMILES string of the molecule is C[C@@]1(c2cc(C(N)=O)ccc2F)CCOCC(N)=N1.O=CO. The van der Waals surface area contributed by atoms with Crippen molar-refractivity contribution >= 4 is 18.2 Å². The van der Waals surface area contributed by atoms with E-state index < -0.39 is 17.3 Å². The Hall–Kier alpha value is -2.48. The number of carbonyl (C=O) groups is 2. The summed E-state index contributed by atoms with van der Waals surface area (Å²) < 4.78 is 19.3. The molecule has 8 heteroatoms. The zero-order valence-corrected chi connectivity index (χ0v) is 12.1. The molecular weight excluding hydrogens is 293 g/mol. The summed E-state index contributed by atoms with van der Waals surface area (Å²) in [4.78, 5) is 23.9. The maximum absolute atomic E-state index is 14.0. The van der Waals surface area contributed by atoms with E-state index >= 15 is 0 Å². The smallest absolute Gasteiger partial charge is 0.290 e. The molecule has 1 heterocycles. The maximum atomic E-state index is 14.0. The molecule has 0 fully saturated rings. The van der Waals surface area contributed by atoms with Crippen molar-refractivity contribution in [3.63, 3.8) is 0 Å². The molecule has 0 radical (unpaired) electrons. The summed E-state index contributed by atoms with van der Waals surface area (Å²) in [7, 11) is 0. The second kappa shape index (κ2) is 7.51. The summed E-state index contributed by atoms with van der Waals surface area (Å²) in [5.41, 5.74) is 10.6. The van der Waals surface area contributed by atoms with E-state index in [0.717, 1.165) is 0 Å². The lowest BCUT2D eigenvalue weighted by Gasteiger charge is -2.25. The van der Waals surface area contributed by atoms with Gasteiger partial charge in [-0.1, -0.05) is 0 Å². The van der Waals surface area contributed by atoms with Gasteiger partial charge >= 0.3 is 0 Å². The van der Waals surface area contributed by atoms with Gasteiger partial charge in [0.1, 0.15) is 18.3 Å². The van der Waals surface area contributed by atoms with Crippen molar-refractivity contribution in [1.82, 2.24) is 0 Å². The highest BCUT2D eigenvalue weighted by atomic mass is 19.1. The fourth-order valence-corrected chi connectivity index (χ4v) is 2.14. The van der Waals surface area contributed by atoms with E-state index in [9.17, 15) is 9.18 Å². The van der Waals surface area contributed by atoms with Gasteiger partial charge in [-0.15, -0.1) is 0 Å². The van der Waals surface area contributed by atoms with Crippen molar-refractivity contribution in [1.29, 1.82) is 0 Å². The number of ether oxygens (including phenoxy) is 1. The minimum Gasteiger partial charge on any atom is -0.483 e. The van der Waals surface area contributed by atoms with Gasteiger partial charge in [0, 0.05) is 17.7 Å². The fourth-order valence-electron chi connectivity index (χ4n) is 2.14. The summed E-state index contributed by atoms with van der Waals surface area (Å²) in [6, 6.07) is 4.00. The van der Waals surface area contributed by atoms with Crippen molar-refractivity contribution in [3.05, 3.63) is 35.1 Å². The molecule has 7 nitrogen and oxygen atoms in total. The molecule has 0 spiro atoms. The van der Waals surface area contributed by atoms with Gasteiger partial charge in [-0.05, 0) is 31.5 Å². The number of nitrogens with two attached hydrogens (primary N) is 2. The van der Waals surface area contributed by atoms with E-state index in [-0.39, 0.29) is 18.6 Å². The molecule has 1 amide bonds. The Bertz CT molecular complexity index is 591. The van der Waals surface area contributed by atoms with Crippen LogP contribution in [0.1, 0.15) is 29.3 Å². The van der Waals surface area contributed by atoms with Gasteiger partial charge in [-0.3, -0.25) is 14.6 Å². The van der Waals surface area contributed by atoms with Crippen LogP contribution >= 0.6 is 0 Å². The van der Waals surface area contributed by atoms with E-state index in [4.69, 9.17) is 26.1 Å². The number of rotatable bonds is 2. The van der Waals surface area contributed by atoms with E-state index in [2.05, 4.69) is 4.99 Å². The quantitative estimate of drug-likeness (QED) is 0.690. The number of amides is 1. The van der Waals surface area contributed by atoms with Crippen LogP contribution in [0.2, 0.25) is 0 Å². The Morgan fingerprint density at radius 1 is 1.55 bits per heavy atom. The molecule has 0 aliphatic carbocycles. The summed E-state index contributed by atoms with van der Waals surface area (Å²) in [5.74, 6) is -0.735. The third-order valence-corrected chi connectivity index (χ3v) is 3.20. The third kappa shape index (κ3) is 4.26. The molecule has 1 aromatic carbocycles. The molecule has 0 saturated carbocycles. The number of nitrogens with zero attached hydrogens (tertiary/aromatic N) is 1. The van der Waals surface area contributed by atoms with Crippen LogP contribution in [0.4, 0.5) is 4.39 Å². The molecule has 120 valence electrons. The molecule has 1 aliphatic rings. The lowest BCUT2D eigenvalue weighted by atomic mass is 9.88. The van der Waals surface area contributed by atoms with Crippen molar-refractivity contribution < 1.29 is 23.8 Å². The Labute approximate surface area is 126 Å². The van der Waals surface area contributed by atoms with Gasteiger partial charge in [-0.2, -0.15) is 0 Å². The summed E-state index contributed by atoms with van der Waals surface area (Å²) in [6.45, 7) is 2.16. The van der Waals surface area contributed by atoms with E-state index in [0.29, 0.717) is 24.4 Å². The standard InChI is InChI=1S/C13H16FN3O2.CH2O2/c1-13(4-5-19-7-11(15)17-13)9-6-8(12(16)18)2-3-10(9)14;2-1-3/h2-3,6H,4-5,7H2,1H3,(H2,15,17)(H2,16,18);1H,(H,2,3)/t13-;/m0./s1. The predicted molar refractivity (Wildman–Crippen MR) is 78.0 cm³/mol. The highest BCUT2D eigenvalue weighted by Crippen LogP contribution is 2.33. The topological polar surface area (TPSA) is 128 Å². The summed E-state index contributed by atoms with van der Waals surface area (Å²) >= 11 is 0. The second-order valence-corrected chi connectivity index (χ2v) is 4.84. The average Bonchev–Trinajstić information content (AvgIpc) is 2.61. The number of hydrogen-bond acceptors (Lipinski definition) is 5. The molecule has 0 aromatic heterocycles. The Kier molecular flexibility index (Phi) is 6.00. The zero-order valence-electron chi connectivity index (χ0n) is 12.1. The summed E-state index contributed by atoms with van der Waals surface area (Å²) in [5, 5.41) is 6.89. The molecule has 0 bridgehead atoms. The lowest BCUT2D eigenvalue weighted by Crippen LogP contribution is -2.26. The Morgan fingerprint density at radius 2 is 2.18 bits per heavy atom. The first-order valence-electron chi connectivity index (χ1n) is 6.43. The first kappa shape index (κ1) is 17.6. The number of primary amides is 1. The number of hydrogen-bond donors (Lipinski definition) is 3. The van der Waals surface area contributed by atoms with Crippen molar-refractivity contribution in [2.45, 2.75) is 18.9 Å². The summed E-state index contributed by atoms with van der Waals surface area (Å²) in [6.07, 6.45) is 0.479. The largest absolute Gasteiger partial charge is 0.483 e. The lowest BCUT2D eigenvalue weighted by molar-refractivity contribution is -0.122. The number of halogens is 1. The first-order chi connectivity index (χ1) is 10.3. The Morgan fingerprint density at radius 3 is 2.77 bits per heavy atom.